The van der Waals surface area contributed by atoms with E-state index in [1.54, 1.807) is 0 Å². The highest BCUT2D eigenvalue weighted by Gasteiger charge is 2.50. The summed E-state index contributed by atoms with van der Waals surface area (Å²) < 4.78 is 28.5. The van der Waals surface area contributed by atoms with E-state index in [0.717, 1.165) is 128 Å². The van der Waals surface area contributed by atoms with Crippen LogP contribution in [0.3, 0.4) is 0 Å². The number of hydrogen-bond acceptors (Lipinski definition) is 11. The molecule has 12 nitrogen and oxygen atoms in total. The van der Waals surface area contributed by atoms with Crippen molar-refractivity contribution in [2.75, 3.05) is 13.2 Å². The quantitative estimate of drug-likeness (QED) is 0.0228. The maximum atomic E-state index is 13.1. The van der Waals surface area contributed by atoms with Gasteiger partial charge in [-0.05, 0) is 109 Å². The lowest BCUT2D eigenvalue weighted by atomic mass is 9.98. The van der Waals surface area contributed by atoms with E-state index in [1.165, 1.54) is 89.9 Å². The van der Waals surface area contributed by atoms with Crippen molar-refractivity contribution in [3.8, 4) is 0 Å². The summed E-state index contributed by atoms with van der Waals surface area (Å²) in [5.74, 6) is -3.14. The van der Waals surface area contributed by atoms with Crippen LogP contribution in [0.5, 0.6) is 0 Å². The first-order valence-corrected chi connectivity index (χ1v) is 31.9. The van der Waals surface area contributed by atoms with Gasteiger partial charge in [-0.15, -0.1) is 0 Å². The number of esters is 3. The molecule has 0 aromatic carbocycles. The van der Waals surface area contributed by atoms with Crippen LogP contribution in [0.2, 0.25) is 0 Å². The molecule has 0 bridgehead atoms. The van der Waals surface area contributed by atoms with Gasteiger partial charge in [0, 0.05) is 19.3 Å². The average molecular weight is 1110 g/mol. The van der Waals surface area contributed by atoms with Gasteiger partial charge in [-0.2, -0.15) is 0 Å². The van der Waals surface area contributed by atoms with E-state index in [-0.39, 0.29) is 25.9 Å². The van der Waals surface area contributed by atoms with Crippen LogP contribution in [0.1, 0.15) is 278 Å². The minimum atomic E-state index is -1.91. The SMILES string of the molecule is CCCC/C=C\CCCCCCCC(=O)OC(COC(=O)CCCCCCCC/C=C\C/C=C\C/C=C\CCCCC)COC1OC(C(=O)O)C(O)C(O)C1OC(=O)CCCCCCCCCCC/C=C\C/C=C\CCCCC. The second-order valence-electron chi connectivity index (χ2n) is 21.7. The lowest BCUT2D eigenvalue weighted by Crippen LogP contribution is -2.61. The molecule has 0 aliphatic carbocycles. The van der Waals surface area contributed by atoms with Crippen LogP contribution >= 0.6 is 0 Å². The van der Waals surface area contributed by atoms with Crippen molar-refractivity contribution in [1.82, 2.24) is 0 Å². The number of aliphatic hydroxyl groups is 2. The van der Waals surface area contributed by atoms with Crippen LogP contribution in [0.4, 0.5) is 0 Å². The predicted molar refractivity (Wildman–Crippen MR) is 322 cm³/mol. The third-order valence-electron chi connectivity index (χ3n) is 14.2. The van der Waals surface area contributed by atoms with Gasteiger partial charge in [-0.3, -0.25) is 14.4 Å². The van der Waals surface area contributed by atoms with Crippen LogP contribution < -0.4 is 0 Å². The fourth-order valence-electron chi connectivity index (χ4n) is 9.27. The number of aliphatic hydroxyl groups excluding tert-OH is 2. The van der Waals surface area contributed by atoms with Gasteiger partial charge < -0.3 is 39.0 Å². The van der Waals surface area contributed by atoms with Gasteiger partial charge in [-0.25, -0.2) is 4.79 Å². The summed E-state index contributed by atoms with van der Waals surface area (Å²) in [5.41, 5.74) is 0. The van der Waals surface area contributed by atoms with E-state index >= 15 is 0 Å². The Morgan fingerprint density at radius 1 is 0.418 bits per heavy atom. The average Bonchev–Trinajstić information content (AvgIpc) is 3.47. The van der Waals surface area contributed by atoms with E-state index in [2.05, 4.69) is 93.7 Å². The van der Waals surface area contributed by atoms with Gasteiger partial charge in [-0.1, -0.05) is 222 Å². The maximum Gasteiger partial charge on any atom is 0.335 e. The first-order chi connectivity index (χ1) is 38.6. The fraction of sp³-hybridized carbons (Fsp3) is 0.761. The number of carbonyl (C=O) groups is 4. The zero-order valence-corrected chi connectivity index (χ0v) is 50.1. The normalized spacial score (nSPS) is 18.3. The van der Waals surface area contributed by atoms with Gasteiger partial charge in [0.1, 0.15) is 18.8 Å². The summed E-state index contributed by atoms with van der Waals surface area (Å²) in [6, 6.07) is 0. The molecule has 1 heterocycles. The highest BCUT2D eigenvalue weighted by molar-refractivity contribution is 5.74. The van der Waals surface area contributed by atoms with Crippen molar-refractivity contribution < 1.29 is 58.2 Å². The number of ether oxygens (including phenoxy) is 5. The zero-order chi connectivity index (χ0) is 57.5. The third-order valence-corrected chi connectivity index (χ3v) is 14.2. The summed E-state index contributed by atoms with van der Waals surface area (Å²) in [7, 11) is 0. The Morgan fingerprint density at radius 3 is 1.20 bits per heavy atom. The Bertz CT molecular complexity index is 1650. The summed E-state index contributed by atoms with van der Waals surface area (Å²) in [5, 5.41) is 31.5. The maximum absolute atomic E-state index is 13.1. The van der Waals surface area contributed by atoms with Gasteiger partial charge in [0.25, 0.3) is 0 Å². The fourth-order valence-corrected chi connectivity index (χ4v) is 9.27. The Hall–Kier alpha value is -3.84. The Balaban J connectivity index is 2.63. The summed E-state index contributed by atoms with van der Waals surface area (Å²) in [6.07, 6.45) is 57.2. The Morgan fingerprint density at radius 2 is 0.772 bits per heavy atom. The number of rotatable bonds is 54. The smallest absolute Gasteiger partial charge is 0.335 e. The van der Waals surface area contributed by atoms with Crippen molar-refractivity contribution in [3.63, 3.8) is 0 Å². The number of carbonyl (C=O) groups excluding carboxylic acids is 3. The number of carboxylic acids is 1. The van der Waals surface area contributed by atoms with Crippen molar-refractivity contribution in [3.05, 3.63) is 72.9 Å². The Kier molecular flexibility index (Phi) is 50.7. The molecule has 0 spiro atoms. The number of aliphatic carboxylic acids is 1. The van der Waals surface area contributed by atoms with Gasteiger partial charge in [0.15, 0.2) is 24.6 Å². The summed E-state index contributed by atoms with van der Waals surface area (Å²) >= 11 is 0. The van der Waals surface area contributed by atoms with Crippen LogP contribution in [-0.2, 0) is 42.9 Å². The van der Waals surface area contributed by atoms with E-state index in [9.17, 15) is 34.5 Å². The number of allylic oxidation sites excluding steroid dienone is 12. The summed E-state index contributed by atoms with van der Waals surface area (Å²) in [6.45, 7) is 5.90. The van der Waals surface area contributed by atoms with Crippen LogP contribution in [-0.4, -0.2) is 89.2 Å². The van der Waals surface area contributed by atoms with Crippen molar-refractivity contribution in [1.29, 1.82) is 0 Å². The van der Waals surface area contributed by atoms with Gasteiger partial charge >= 0.3 is 23.9 Å². The minimum Gasteiger partial charge on any atom is -0.479 e. The predicted octanol–water partition coefficient (Wildman–Crippen LogP) is 16.9. The van der Waals surface area contributed by atoms with E-state index in [4.69, 9.17) is 23.7 Å². The first-order valence-electron chi connectivity index (χ1n) is 31.9. The highest BCUT2D eigenvalue weighted by atomic mass is 16.7. The number of hydrogen-bond donors (Lipinski definition) is 3. The largest absolute Gasteiger partial charge is 0.479 e. The topological polar surface area (TPSA) is 175 Å². The third kappa shape index (κ3) is 44.5. The molecule has 1 saturated heterocycles. The molecule has 0 aromatic rings. The molecule has 0 saturated carbocycles. The van der Waals surface area contributed by atoms with E-state index < -0.39 is 67.3 Å². The lowest BCUT2D eigenvalue weighted by molar-refractivity contribution is -0.301. The molecule has 1 fully saturated rings. The molecular weight excluding hydrogens is 997 g/mol. The first kappa shape index (κ1) is 73.2. The molecule has 1 rings (SSSR count). The monoisotopic (exact) mass is 1110 g/mol. The van der Waals surface area contributed by atoms with E-state index in [0.29, 0.717) is 19.3 Å². The van der Waals surface area contributed by atoms with Crippen LogP contribution in [0, 0.1) is 0 Å². The standard InChI is InChI=1S/C67H114O12/c1-4-7-10-13-16-19-22-24-26-28-30-32-34-36-39-41-44-47-50-53-59(68)75-56-58(77-60(69)54-51-48-45-42-38-21-18-15-12-9-6-3)57-76-67-65(63(72)62(71)64(79-67)66(73)74)78-61(70)55-52-49-46-43-40-37-35-33-31-29-27-25-23-20-17-14-11-8-5-2/h15-20,24-27,30,32,58,62-65,67,71-72H,4-14,21-23,28-29,31,33-57H2,1-3H3,(H,73,74)/b18-15-,19-16-,20-17-,26-24-,27-25-,32-30-. The molecule has 454 valence electrons. The second kappa shape index (κ2) is 54.7. The highest BCUT2D eigenvalue weighted by Crippen LogP contribution is 2.26. The van der Waals surface area contributed by atoms with Crippen molar-refractivity contribution >= 4 is 23.9 Å². The van der Waals surface area contributed by atoms with Crippen LogP contribution in [0.15, 0.2) is 72.9 Å². The molecule has 1 aliphatic heterocycles. The van der Waals surface area contributed by atoms with Crippen LogP contribution in [0.25, 0.3) is 0 Å². The Labute approximate surface area is 480 Å². The lowest BCUT2D eigenvalue weighted by Gasteiger charge is -2.40. The molecule has 6 unspecified atom stereocenters. The van der Waals surface area contributed by atoms with Crippen molar-refractivity contribution in [2.24, 2.45) is 0 Å². The molecular formula is C67H114O12. The minimum absolute atomic E-state index is 0.0523. The zero-order valence-electron chi connectivity index (χ0n) is 50.1. The molecule has 0 amide bonds. The molecule has 6 atom stereocenters. The molecule has 0 radical (unpaired) electrons. The van der Waals surface area contributed by atoms with E-state index in [1.807, 2.05) is 0 Å². The molecule has 3 N–H and O–H groups in total. The summed E-state index contributed by atoms with van der Waals surface area (Å²) in [4.78, 5) is 51.2. The van der Waals surface area contributed by atoms with Gasteiger partial charge in [0.05, 0.1) is 6.61 Å². The molecule has 0 aromatic heterocycles. The molecule has 79 heavy (non-hydrogen) atoms. The number of unbranched alkanes of at least 4 members (excludes halogenated alkanes) is 28. The van der Waals surface area contributed by atoms with Crippen molar-refractivity contribution in [2.45, 2.75) is 314 Å². The second-order valence-corrected chi connectivity index (χ2v) is 21.7. The molecule has 1 aliphatic rings. The molecule has 12 heteroatoms. The van der Waals surface area contributed by atoms with Gasteiger partial charge in [0.2, 0.25) is 0 Å². The number of carboxylic acid groups (broad SMARTS) is 1.